The van der Waals surface area contributed by atoms with Gasteiger partial charge in [0.15, 0.2) is 0 Å². The Kier molecular flexibility index (Phi) is 4.34. The number of amides is 1. The van der Waals surface area contributed by atoms with Gasteiger partial charge < -0.3 is 4.90 Å². The summed E-state index contributed by atoms with van der Waals surface area (Å²) >= 11 is 0. The fraction of sp³-hybridized carbons (Fsp3) is 0.273. The van der Waals surface area contributed by atoms with Crippen molar-refractivity contribution in [1.82, 2.24) is 4.98 Å². The van der Waals surface area contributed by atoms with Crippen molar-refractivity contribution in [3.05, 3.63) is 71.4 Å². The number of nitrogens with zero attached hydrogens (tertiary/aromatic N) is 2. The van der Waals surface area contributed by atoms with Gasteiger partial charge in [-0.25, -0.2) is 0 Å². The number of para-hydroxylation sites is 1. The number of anilines is 1. The molecule has 0 atom stereocenters. The van der Waals surface area contributed by atoms with E-state index in [9.17, 15) is 4.79 Å². The van der Waals surface area contributed by atoms with Crippen LogP contribution in [0, 0.1) is 6.92 Å². The quantitative estimate of drug-likeness (QED) is 0.653. The van der Waals surface area contributed by atoms with Crippen molar-refractivity contribution in [2.75, 3.05) is 11.9 Å². The van der Waals surface area contributed by atoms with E-state index in [-0.39, 0.29) is 11.3 Å². The van der Waals surface area contributed by atoms with Crippen LogP contribution in [0.4, 0.5) is 5.69 Å². The van der Waals surface area contributed by atoms with Crippen LogP contribution < -0.4 is 4.90 Å². The van der Waals surface area contributed by atoms with Crippen molar-refractivity contribution in [1.29, 1.82) is 0 Å². The van der Waals surface area contributed by atoms with Crippen molar-refractivity contribution < 1.29 is 4.79 Å². The van der Waals surface area contributed by atoms with E-state index in [1.165, 1.54) is 5.56 Å². The molecule has 25 heavy (non-hydrogen) atoms. The van der Waals surface area contributed by atoms with Gasteiger partial charge in [0.1, 0.15) is 0 Å². The molecular formula is C22H24N2O. The van der Waals surface area contributed by atoms with E-state index >= 15 is 0 Å². The summed E-state index contributed by atoms with van der Waals surface area (Å²) in [4.78, 5) is 19.3. The number of benzene rings is 2. The molecule has 3 heteroatoms. The van der Waals surface area contributed by atoms with Gasteiger partial charge in [-0.3, -0.25) is 9.78 Å². The molecule has 0 fully saturated rings. The molecule has 0 spiro atoms. The van der Waals surface area contributed by atoms with Crippen LogP contribution in [0.2, 0.25) is 0 Å². The second-order valence-corrected chi connectivity index (χ2v) is 7.49. The first kappa shape index (κ1) is 17.2. The van der Waals surface area contributed by atoms with E-state index in [2.05, 4.69) is 37.9 Å². The molecule has 0 aliphatic rings. The number of pyridine rings is 1. The third kappa shape index (κ3) is 3.41. The van der Waals surface area contributed by atoms with Crippen molar-refractivity contribution in [2.45, 2.75) is 33.1 Å². The zero-order valence-electron chi connectivity index (χ0n) is 15.5. The van der Waals surface area contributed by atoms with Crippen LogP contribution in [0.1, 0.15) is 42.4 Å². The van der Waals surface area contributed by atoms with Gasteiger partial charge in [0, 0.05) is 23.8 Å². The van der Waals surface area contributed by atoms with Gasteiger partial charge in [0.05, 0.1) is 11.1 Å². The minimum absolute atomic E-state index is 0.0230. The van der Waals surface area contributed by atoms with Crippen LogP contribution in [-0.4, -0.2) is 17.9 Å². The summed E-state index contributed by atoms with van der Waals surface area (Å²) in [6.07, 6.45) is 0. The maximum Gasteiger partial charge on any atom is 0.258 e. The van der Waals surface area contributed by atoms with Crippen LogP contribution in [0.3, 0.4) is 0 Å². The lowest BCUT2D eigenvalue weighted by atomic mass is 9.87. The number of carbonyl (C=O) groups excluding carboxylic acids is 1. The van der Waals surface area contributed by atoms with Crippen LogP contribution in [0.5, 0.6) is 0 Å². The Hall–Kier alpha value is -2.68. The molecule has 0 N–H and O–H groups in total. The average molecular weight is 332 g/mol. The van der Waals surface area contributed by atoms with Crippen molar-refractivity contribution in [3.63, 3.8) is 0 Å². The Balaban J connectivity index is 1.98. The second-order valence-electron chi connectivity index (χ2n) is 7.49. The predicted molar refractivity (Wildman–Crippen MR) is 104 cm³/mol. The molecule has 0 saturated heterocycles. The van der Waals surface area contributed by atoms with Gasteiger partial charge in [-0.2, -0.15) is 0 Å². The Labute approximate surface area is 149 Å². The molecule has 1 amide bonds. The van der Waals surface area contributed by atoms with Crippen LogP contribution in [0.15, 0.2) is 54.6 Å². The first-order valence-electron chi connectivity index (χ1n) is 8.52. The highest BCUT2D eigenvalue weighted by molar-refractivity contribution is 6.13. The third-order valence-corrected chi connectivity index (χ3v) is 4.50. The Morgan fingerprint density at radius 2 is 1.64 bits per heavy atom. The number of hydrogen-bond acceptors (Lipinski definition) is 2. The van der Waals surface area contributed by atoms with E-state index in [1.54, 1.807) is 4.90 Å². The molecule has 128 valence electrons. The highest BCUT2D eigenvalue weighted by atomic mass is 16.2. The largest absolute Gasteiger partial charge is 0.311 e. The molecule has 3 aromatic rings. The van der Waals surface area contributed by atoms with Gasteiger partial charge in [0.2, 0.25) is 0 Å². The van der Waals surface area contributed by atoms with Crippen LogP contribution in [0.25, 0.3) is 10.9 Å². The topological polar surface area (TPSA) is 33.2 Å². The van der Waals surface area contributed by atoms with Gasteiger partial charge in [-0.1, -0.05) is 51.1 Å². The number of carbonyl (C=O) groups is 1. The summed E-state index contributed by atoms with van der Waals surface area (Å²) in [6.45, 7) is 8.47. The van der Waals surface area contributed by atoms with Gasteiger partial charge in [-0.05, 0) is 42.2 Å². The molecule has 2 aromatic carbocycles. The summed E-state index contributed by atoms with van der Waals surface area (Å²) < 4.78 is 0. The predicted octanol–water partition coefficient (Wildman–Crippen LogP) is 5.12. The fourth-order valence-corrected chi connectivity index (χ4v) is 2.97. The molecule has 1 heterocycles. The Morgan fingerprint density at radius 3 is 2.28 bits per heavy atom. The van der Waals surface area contributed by atoms with E-state index in [0.717, 1.165) is 22.3 Å². The van der Waals surface area contributed by atoms with Crippen molar-refractivity contribution >= 4 is 22.5 Å². The molecular weight excluding hydrogens is 308 g/mol. The minimum Gasteiger partial charge on any atom is -0.311 e. The first-order chi connectivity index (χ1) is 11.8. The van der Waals surface area contributed by atoms with Gasteiger partial charge >= 0.3 is 0 Å². The molecule has 0 unspecified atom stereocenters. The lowest BCUT2D eigenvalue weighted by Crippen LogP contribution is -2.26. The monoisotopic (exact) mass is 332 g/mol. The fourth-order valence-electron chi connectivity index (χ4n) is 2.97. The molecule has 0 bridgehead atoms. The smallest absolute Gasteiger partial charge is 0.258 e. The standard InChI is InChI=1S/C22H24N2O/c1-15-14-19(18-8-6-7-9-20(18)23-15)21(25)24(5)17-12-10-16(11-13-17)22(2,3)4/h6-14H,1-5H3. The highest BCUT2D eigenvalue weighted by Gasteiger charge is 2.18. The third-order valence-electron chi connectivity index (χ3n) is 4.50. The molecule has 0 aliphatic heterocycles. The summed E-state index contributed by atoms with van der Waals surface area (Å²) in [6, 6.07) is 17.8. The summed E-state index contributed by atoms with van der Waals surface area (Å²) in [5.74, 6) is -0.0230. The molecule has 1 aromatic heterocycles. The Morgan fingerprint density at radius 1 is 1.00 bits per heavy atom. The lowest BCUT2D eigenvalue weighted by Gasteiger charge is -2.22. The number of fused-ring (bicyclic) bond motifs is 1. The van der Waals surface area contributed by atoms with Crippen LogP contribution in [-0.2, 0) is 5.41 Å². The minimum atomic E-state index is -0.0230. The Bertz CT molecular complexity index is 921. The zero-order chi connectivity index (χ0) is 18.2. The number of hydrogen-bond donors (Lipinski definition) is 0. The average Bonchev–Trinajstić information content (AvgIpc) is 2.59. The molecule has 0 radical (unpaired) electrons. The first-order valence-corrected chi connectivity index (χ1v) is 8.52. The molecule has 3 rings (SSSR count). The van der Waals surface area contributed by atoms with Crippen molar-refractivity contribution in [2.24, 2.45) is 0 Å². The number of aryl methyl sites for hydroxylation is 1. The maximum absolute atomic E-state index is 13.1. The van der Waals surface area contributed by atoms with E-state index in [4.69, 9.17) is 0 Å². The highest BCUT2D eigenvalue weighted by Crippen LogP contribution is 2.26. The molecule has 0 saturated carbocycles. The van der Waals surface area contributed by atoms with Gasteiger partial charge in [0.25, 0.3) is 5.91 Å². The number of aromatic nitrogens is 1. The second kappa shape index (κ2) is 6.32. The maximum atomic E-state index is 13.1. The van der Waals surface area contributed by atoms with E-state index in [1.807, 2.05) is 56.4 Å². The van der Waals surface area contributed by atoms with Crippen LogP contribution >= 0.6 is 0 Å². The zero-order valence-corrected chi connectivity index (χ0v) is 15.5. The normalized spacial score (nSPS) is 11.6. The molecule has 0 aliphatic carbocycles. The molecule has 3 nitrogen and oxygen atoms in total. The number of rotatable bonds is 2. The summed E-state index contributed by atoms with van der Waals surface area (Å²) in [5, 5.41) is 0.885. The van der Waals surface area contributed by atoms with E-state index in [0.29, 0.717) is 5.56 Å². The lowest BCUT2D eigenvalue weighted by molar-refractivity contribution is 0.0994. The summed E-state index contributed by atoms with van der Waals surface area (Å²) in [5.41, 5.74) is 4.62. The SMILES string of the molecule is Cc1cc(C(=O)N(C)c2ccc(C(C)(C)C)cc2)c2ccccc2n1. The van der Waals surface area contributed by atoms with Gasteiger partial charge in [-0.15, -0.1) is 0 Å². The van der Waals surface area contributed by atoms with Crippen molar-refractivity contribution in [3.8, 4) is 0 Å². The van der Waals surface area contributed by atoms with E-state index < -0.39 is 0 Å². The summed E-state index contributed by atoms with van der Waals surface area (Å²) in [7, 11) is 1.82.